The summed E-state index contributed by atoms with van der Waals surface area (Å²) in [4.78, 5) is 43.6. The van der Waals surface area contributed by atoms with Crippen LogP contribution in [-0.2, 0) is 9.59 Å². The van der Waals surface area contributed by atoms with Gasteiger partial charge in [0.1, 0.15) is 6.54 Å². The average molecular weight is 316 g/mol. The standard InChI is InChI=1S/C16H20N4O3/c1-11-3-4-13(7-17-11)15(23)19-6-5-16(10-19)9-18-14(22)8-20(16)12(2)21/h3-4,7H,5-6,8-10H2,1-2H3,(H,18,22). The molecule has 0 saturated carbocycles. The van der Waals surface area contributed by atoms with E-state index in [2.05, 4.69) is 10.3 Å². The number of aryl methyl sites for hydroxylation is 1. The second-order valence-corrected chi connectivity index (χ2v) is 6.27. The number of aromatic nitrogens is 1. The summed E-state index contributed by atoms with van der Waals surface area (Å²) in [5.41, 5.74) is 0.909. The quantitative estimate of drug-likeness (QED) is 0.788. The third-order valence-electron chi connectivity index (χ3n) is 4.65. The second-order valence-electron chi connectivity index (χ2n) is 6.27. The van der Waals surface area contributed by atoms with E-state index in [1.165, 1.54) is 6.92 Å². The van der Waals surface area contributed by atoms with Crippen molar-refractivity contribution in [2.75, 3.05) is 26.2 Å². The minimum Gasteiger partial charge on any atom is -0.352 e. The molecule has 1 N–H and O–H groups in total. The van der Waals surface area contributed by atoms with E-state index in [1.807, 2.05) is 13.0 Å². The highest BCUT2D eigenvalue weighted by Gasteiger charge is 2.48. The maximum atomic E-state index is 12.6. The summed E-state index contributed by atoms with van der Waals surface area (Å²) in [5, 5.41) is 2.82. The molecule has 2 saturated heterocycles. The molecule has 7 heteroatoms. The zero-order chi connectivity index (χ0) is 16.6. The van der Waals surface area contributed by atoms with E-state index in [4.69, 9.17) is 0 Å². The van der Waals surface area contributed by atoms with Crippen molar-refractivity contribution in [3.63, 3.8) is 0 Å². The van der Waals surface area contributed by atoms with E-state index in [0.29, 0.717) is 31.6 Å². The number of carbonyl (C=O) groups excluding carboxylic acids is 3. The number of nitrogens with one attached hydrogen (secondary N) is 1. The zero-order valence-corrected chi connectivity index (χ0v) is 13.3. The topological polar surface area (TPSA) is 82.6 Å². The number of piperazine rings is 1. The third kappa shape index (κ3) is 2.78. The molecule has 1 aromatic heterocycles. The fraction of sp³-hybridized carbons (Fsp3) is 0.500. The SMILES string of the molecule is CC(=O)N1CC(=O)NCC12CCN(C(=O)c1ccc(C)nc1)C2. The summed E-state index contributed by atoms with van der Waals surface area (Å²) in [6.07, 6.45) is 2.24. The summed E-state index contributed by atoms with van der Waals surface area (Å²) in [7, 11) is 0. The van der Waals surface area contributed by atoms with E-state index >= 15 is 0 Å². The molecule has 1 spiro atoms. The maximum Gasteiger partial charge on any atom is 0.255 e. The minimum atomic E-state index is -0.493. The van der Waals surface area contributed by atoms with Crippen LogP contribution in [0.3, 0.4) is 0 Å². The molecule has 1 atom stereocenters. The van der Waals surface area contributed by atoms with E-state index in [9.17, 15) is 14.4 Å². The Hall–Kier alpha value is -2.44. The van der Waals surface area contributed by atoms with Crippen LogP contribution in [0.5, 0.6) is 0 Å². The lowest BCUT2D eigenvalue weighted by molar-refractivity contribution is -0.144. The molecule has 2 aliphatic rings. The van der Waals surface area contributed by atoms with Crippen molar-refractivity contribution in [2.45, 2.75) is 25.8 Å². The van der Waals surface area contributed by atoms with E-state index in [-0.39, 0.29) is 24.3 Å². The fourth-order valence-corrected chi connectivity index (χ4v) is 3.34. The number of nitrogens with zero attached hydrogens (tertiary/aromatic N) is 3. The Morgan fingerprint density at radius 2 is 2.13 bits per heavy atom. The molecule has 1 unspecified atom stereocenters. The summed E-state index contributed by atoms with van der Waals surface area (Å²) in [5.74, 6) is -0.376. The van der Waals surface area contributed by atoms with Gasteiger partial charge in [-0.1, -0.05) is 0 Å². The molecule has 122 valence electrons. The Morgan fingerprint density at radius 1 is 1.35 bits per heavy atom. The first-order valence-corrected chi connectivity index (χ1v) is 7.68. The smallest absolute Gasteiger partial charge is 0.255 e. The summed E-state index contributed by atoms with van der Waals surface area (Å²) < 4.78 is 0. The highest BCUT2D eigenvalue weighted by Crippen LogP contribution is 2.30. The van der Waals surface area contributed by atoms with Gasteiger partial charge in [-0.3, -0.25) is 19.4 Å². The maximum absolute atomic E-state index is 12.6. The Bertz CT molecular complexity index is 658. The van der Waals surface area contributed by atoms with Crippen molar-refractivity contribution in [1.29, 1.82) is 0 Å². The van der Waals surface area contributed by atoms with Gasteiger partial charge in [-0.2, -0.15) is 0 Å². The van der Waals surface area contributed by atoms with Gasteiger partial charge in [0.25, 0.3) is 5.91 Å². The predicted octanol–water partition coefficient (Wildman–Crippen LogP) is -0.0470. The molecule has 3 heterocycles. The van der Waals surface area contributed by atoms with E-state index < -0.39 is 5.54 Å². The van der Waals surface area contributed by atoms with Crippen LogP contribution in [0.15, 0.2) is 18.3 Å². The summed E-state index contributed by atoms with van der Waals surface area (Å²) >= 11 is 0. The van der Waals surface area contributed by atoms with E-state index in [0.717, 1.165) is 5.69 Å². The molecule has 0 aromatic carbocycles. The van der Waals surface area contributed by atoms with Crippen molar-refractivity contribution < 1.29 is 14.4 Å². The van der Waals surface area contributed by atoms with Crippen molar-refractivity contribution >= 4 is 17.7 Å². The van der Waals surface area contributed by atoms with Crippen molar-refractivity contribution in [2.24, 2.45) is 0 Å². The van der Waals surface area contributed by atoms with Crippen LogP contribution in [0, 0.1) is 6.92 Å². The van der Waals surface area contributed by atoms with Gasteiger partial charge in [-0.25, -0.2) is 0 Å². The number of rotatable bonds is 1. The van der Waals surface area contributed by atoms with Crippen LogP contribution < -0.4 is 5.32 Å². The Morgan fingerprint density at radius 3 is 2.78 bits per heavy atom. The van der Waals surface area contributed by atoms with Gasteiger partial charge in [0.2, 0.25) is 11.8 Å². The first-order valence-electron chi connectivity index (χ1n) is 7.68. The lowest BCUT2D eigenvalue weighted by Gasteiger charge is -2.43. The van der Waals surface area contributed by atoms with Crippen LogP contribution in [-0.4, -0.2) is 64.2 Å². The summed E-state index contributed by atoms with van der Waals surface area (Å²) in [6.45, 7) is 4.78. The highest BCUT2D eigenvalue weighted by molar-refractivity contribution is 5.94. The molecule has 2 aliphatic heterocycles. The number of pyridine rings is 1. The molecule has 0 radical (unpaired) electrons. The number of hydrogen-bond donors (Lipinski definition) is 1. The van der Waals surface area contributed by atoms with Gasteiger partial charge in [-0.15, -0.1) is 0 Å². The number of likely N-dealkylation sites (tertiary alicyclic amines) is 1. The predicted molar refractivity (Wildman–Crippen MR) is 82.6 cm³/mol. The minimum absolute atomic E-state index is 0.0590. The number of carbonyl (C=O) groups is 3. The van der Waals surface area contributed by atoms with Crippen molar-refractivity contribution in [1.82, 2.24) is 20.1 Å². The van der Waals surface area contributed by atoms with Crippen LogP contribution in [0.25, 0.3) is 0 Å². The molecule has 23 heavy (non-hydrogen) atoms. The van der Waals surface area contributed by atoms with Gasteiger partial charge < -0.3 is 15.1 Å². The lowest BCUT2D eigenvalue weighted by atomic mass is 9.93. The van der Waals surface area contributed by atoms with Gasteiger partial charge in [0, 0.05) is 38.4 Å². The monoisotopic (exact) mass is 316 g/mol. The highest BCUT2D eigenvalue weighted by atomic mass is 16.2. The van der Waals surface area contributed by atoms with Gasteiger partial charge in [0.05, 0.1) is 11.1 Å². The Kier molecular flexibility index (Phi) is 3.79. The second kappa shape index (κ2) is 5.64. The molecular formula is C16H20N4O3. The lowest BCUT2D eigenvalue weighted by Crippen LogP contribution is -2.65. The normalized spacial score (nSPS) is 24.0. The van der Waals surface area contributed by atoms with Crippen molar-refractivity contribution in [3.05, 3.63) is 29.6 Å². The van der Waals surface area contributed by atoms with Crippen LogP contribution in [0.2, 0.25) is 0 Å². The largest absolute Gasteiger partial charge is 0.352 e. The average Bonchev–Trinajstić information content (AvgIpc) is 2.95. The first kappa shape index (κ1) is 15.5. The van der Waals surface area contributed by atoms with Crippen LogP contribution >= 0.6 is 0 Å². The molecule has 0 aliphatic carbocycles. The number of hydrogen-bond acceptors (Lipinski definition) is 4. The van der Waals surface area contributed by atoms with Gasteiger partial charge in [-0.05, 0) is 25.5 Å². The van der Waals surface area contributed by atoms with Crippen LogP contribution in [0.1, 0.15) is 29.4 Å². The van der Waals surface area contributed by atoms with Gasteiger partial charge in [0.15, 0.2) is 0 Å². The third-order valence-corrected chi connectivity index (χ3v) is 4.65. The van der Waals surface area contributed by atoms with Gasteiger partial charge >= 0.3 is 0 Å². The number of amides is 3. The molecule has 1 aromatic rings. The molecule has 3 rings (SSSR count). The Balaban J connectivity index is 1.79. The molecule has 3 amide bonds. The summed E-state index contributed by atoms with van der Waals surface area (Å²) in [6, 6.07) is 3.57. The molecule has 0 bridgehead atoms. The first-order chi connectivity index (χ1) is 10.9. The fourth-order valence-electron chi connectivity index (χ4n) is 3.34. The molecular weight excluding hydrogens is 296 g/mol. The van der Waals surface area contributed by atoms with Crippen LogP contribution in [0.4, 0.5) is 0 Å². The molecule has 7 nitrogen and oxygen atoms in total. The Labute approximate surface area is 134 Å². The molecule has 2 fully saturated rings. The van der Waals surface area contributed by atoms with E-state index in [1.54, 1.807) is 22.1 Å². The van der Waals surface area contributed by atoms with Crippen molar-refractivity contribution in [3.8, 4) is 0 Å². The zero-order valence-electron chi connectivity index (χ0n) is 13.3.